The fourth-order valence-corrected chi connectivity index (χ4v) is 1.26. The third kappa shape index (κ3) is 3.33. The van der Waals surface area contributed by atoms with Gasteiger partial charge < -0.3 is 9.29 Å². The first-order valence-corrected chi connectivity index (χ1v) is 4.50. The van der Waals surface area contributed by atoms with Crippen molar-refractivity contribution in [2.45, 2.75) is 4.90 Å². The number of hydrogen-bond acceptors (Lipinski definition) is 4. The first kappa shape index (κ1) is 13.5. The normalized spacial score (nSPS) is 11.3. The van der Waals surface area contributed by atoms with E-state index < -0.39 is 17.0 Å². The Morgan fingerprint density at radius 1 is 1.50 bits per heavy atom. The summed E-state index contributed by atoms with van der Waals surface area (Å²) in [5, 5.41) is 0. The second-order valence-corrected chi connectivity index (χ2v) is 3.19. The van der Waals surface area contributed by atoms with E-state index in [4.69, 9.17) is 0 Å². The molecule has 0 amide bonds. The molecule has 0 spiro atoms. The van der Waals surface area contributed by atoms with E-state index in [9.17, 15) is 13.6 Å². The fourth-order valence-electron chi connectivity index (χ4n) is 0.845. The van der Waals surface area contributed by atoms with Crippen molar-refractivity contribution in [2.75, 3.05) is 7.11 Å². The van der Waals surface area contributed by atoms with Gasteiger partial charge in [-0.05, 0) is 29.3 Å². The molecule has 1 atom stereocenters. The molecule has 0 aliphatic heterocycles. The maximum Gasteiger partial charge on any atom is 0.337 e. The molecular formula is C8H7O4SW-. The molecule has 0 bridgehead atoms. The number of benzene rings is 1. The van der Waals surface area contributed by atoms with Gasteiger partial charge in [0, 0.05) is 26.0 Å². The molecule has 6 heteroatoms. The topological polar surface area (TPSA) is 66.4 Å². The number of carbonyl (C=O) groups is 1. The summed E-state index contributed by atoms with van der Waals surface area (Å²) in [6.07, 6.45) is 0. The van der Waals surface area contributed by atoms with Crippen molar-refractivity contribution in [3.63, 3.8) is 0 Å². The fraction of sp³-hybridized carbons (Fsp3) is 0.125. The van der Waals surface area contributed by atoms with Gasteiger partial charge >= 0.3 is 5.97 Å². The van der Waals surface area contributed by atoms with Crippen LogP contribution < -0.4 is 0 Å². The van der Waals surface area contributed by atoms with Crippen molar-refractivity contribution in [2.24, 2.45) is 0 Å². The van der Waals surface area contributed by atoms with Crippen molar-refractivity contribution < 1.29 is 39.4 Å². The van der Waals surface area contributed by atoms with Crippen LogP contribution in [0.4, 0.5) is 0 Å². The summed E-state index contributed by atoms with van der Waals surface area (Å²) >= 11 is -2.32. The van der Waals surface area contributed by atoms with Crippen LogP contribution in [0.1, 0.15) is 10.4 Å². The summed E-state index contributed by atoms with van der Waals surface area (Å²) in [5.41, 5.74) is 0.226. The molecule has 1 aromatic rings. The minimum Gasteiger partial charge on any atom is -0.768 e. The number of methoxy groups -OCH3 is 1. The van der Waals surface area contributed by atoms with Gasteiger partial charge in [0.15, 0.2) is 0 Å². The predicted molar refractivity (Wildman–Crippen MR) is 45.0 cm³/mol. The van der Waals surface area contributed by atoms with Gasteiger partial charge in [-0.2, -0.15) is 0 Å². The van der Waals surface area contributed by atoms with Gasteiger partial charge in [0.2, 0.25) is 0 Å². The van der Waals surface area contributed by atoms with E-state index in [0.29, 0.717) is 0 Å². The summed E-state index contributed by atoms with van der Waals surface area (Å²) in [7, 11) is 1.24. The Kier molecular flexibility index (Phi) is 5.84. The summed E-state index contributed by atoms with van der Waals surface area (Å²) in [5.74, 6) is -0.549. The molecule has 76 valence electrons. The zero-order valence-corrected chi connectivity index (χ0v) is 11.0. The van der Waals surface area contributed by atoms with Gasteiger partial charge in [-0.15, -0.1) is 0 Å². The number of rotatable bonds is 2. The minimum atomic E-state index is -2.32. The van der Waals surface area contributed by atoms with Crippen LogP contribution in [0.5, 0.6) is 0 Å². The Labute approximate surface area is 98.2 Å². The van der Waals surface area contributed by atoms with Crippen LogP contribution >= 0.6 is 0 Å². The summed E-state index contributed by atoms with van der Waals surface area (Å²) in [4.78, 5) is 11.0. The molecule has 4 nitrogen and oxygen atoms in total. The minimum absolute atomic E-state index is 0. The number of ether oxygens (including phenoxy) is 1. The second kappa shape index (κ2) is 6.06. The quantitative estimate of drug-likeness (QED) is 0.558. The Morgan fingerprint density at radius 3 is 2.64 bits per heavy atom. The van der Waals surface area contributed by atoms with Gasteiger partial charge in [-0.1, -0.05) is 6.07 Å². The van der Waals surface area contributed by atoms with Crippen molar-refractivity contribution >= 4 is 17.0 Å². The number of hydrogen-bond donors (Lipinski definition) is 0. The molecule has 0 saturated carbocycles. The first-order valence-electron chi connectivity index (χ1n) is 3.43. The van der Waals surface area contributed by atoms with Crippen LogP contribution in [-0.4, -0.2) is 21.8 Å². The zero-order chi connectivity index (χ0) is 9.84. The van der Waals surface area contributed by atoms with Crippen molar-refractivity contribution in [1.29, 1.82) is 0 Å². The smallest absolute Gasteiger partial charge is 0.337 e. The van der Waals surface area contributed by atoms with Crippen LogP contribution in [0.2, 0.25) is 0 Å². The van der Waals surface area contributed by atoms with Crippen molar-refractivity contribution in [3.05, 3.63) is 29.8 Å². The number of carbonyl (C=O) groups excluding carboxylic acids is 1. The molecule has 0 heterocycles. The second-order valence-electron chi connectivity index (χ2n) is 2.25. The van der Waals surface area contributed by atoms with Crippen LogP contribution in [0.25, 0.3) is 0 Å². The third-order valence-corrected chi connectivity index (χ3v) is 2.09. The van der Waals surface area contributed by atoms with Crippen LogP contribution in [-0.2, 0) is 36.9 Å². The number of esters is 1. The molecule has 14 heavy (non-hydrogen) atoms. The van der Waals surface area contributed by atoms with Crippen LogP contribution in [0, 0.1) is 0 Å². The van der Waals surface area contributed by atoms with E-state index in [0.717, 1.165) is 0 Å². The Balaban J connectivity index is 0.00000169. The van der Waals surface area contributed by atoms with Crippen molar-refractivity contribution in [1.82, 2.24) is 0 Å². The molecule has 0 N–H and O–H groups in total. The maximum absolute atomic E-state index is 11.0. The molecule has 0 aliphatic rings. The summed E-state index contributed by atoms with van der Waals surface area (Å²) < 4.78 is 25.5. The van der Waals surface area contributed by atoms with E-state index >= 15 is 0 Å². The molecule has 0 saturated heterocycles. The summed E-state index contributed by atoms with van der Waals surface area (Å²) in [6.45, 7) is 0. The average Bonchev–Trinajstić information content (AvgIpc) is 2.17. The van der Waals surface area contributed by atoms with Crippen LogP contribution in [0.3, 0.4) is 0 Å². The average molecular weight is 383 g/mol. The van der Waals surface area contributed by atoms with Gasteiger partial charge in [-0.3, -0.25) is 4.21 Å². The Morgan fingerprint density at radius 2 is 2.14 bits per heavy atom. The monoisotopic (exact) mass is 383 g/mol. The van der Waals surface area contributed by atoms with E-state index in [-0.39, 0.29) is 31.5 Å². The molecule has 0 fully saturated rings. The molecule has 0 aliphatic carbocycles. The summed E-state index contributed by atoms with van der Waals surface area (Å²) in [6, 6.07) is 5.63. The van der Waals surface area contributed by atoms with E-state index in [1.807, 2.05) is 0 Å². The van der Waals surface area contributed by atoms with Gasteiger partial charge in [0.25, 0.3) is 0 Å². The molecule has 1 unspecified atom stereocenters. The van der Waals surface area contributed by atoms with Gasteiger partial charge in [-0.25, -0.2) is 4.79 Å². The zero-order valence-electron chi connectivity index (χ0n) is 7.26. The van der Waals surface area contributed by atoms with Gasteiger partial charge in [0.05, 0.1) is 12.7 Å². The predicted octanol–water partition coefficient (Wildman–Crippen LogP) is 0.709. The Hall–Kier alpha value is -0.512. The Bertz CT molecular complexity index is 353. The van der Waals surface area contributed by atoms with E-state index in [2.05, 4.69) is 4.74 Å². The first-order chi connectivity index (χ1) is 6.15. The molecule has 1 rings (SSSR count). The van der Waals surface area contributed by atoms with Crippen molar-refractivity contribution in [3.8, 4) is 0 Å². The third-order valence-electron chi connectivity index (χ3n) is 1.45. The van der Waals surface area contributed by atoms with Gasteiger partial charge in [0.1, 0.15) is 0 Å². The molecule has 1 aromatic carbocycles. The largest absolute Gasteiger partial charge is 0.768 e. The molecule has 0 radical (unpaired) electrons. The van der Waals surface area contributed by atoms with E-state index in [1.165, 1.54) is 31.4 Å². The molecular weight excluding hydrogens is 376 g/mol. The van der Waals surface area contributed by atoms with E-state index in [1.54, 1.807) is 0 Å². The maximum atomic E-state index is 11.0. The molecule has 0 aromatic heterocycles. The van der Waals surface area contributed by atoms with Crippen LogP contribution in [0.15, 0.2) is 29.2 Å². The standard InChI is InChI=1S/C8H8O4S.W/c1-12-8(9)6-3-2-4-7(5-6)13(10)11;/h2-5H,1H3,(H,10,11);/p-1. The SMILES string of the molecule is COC(=O)c1cccc(S(=O)[O-])c1.[W].